The van der Waals surface area contributed by atoms with Gasteiger partial charge >= 0.3 is 0 Å². The maximum absolute atomic E-state index is 6.14. The average molecular weight is 538 g/mol. The molecule has 4 aliphatic heterocycles. The van der Waals surface area contributed by atoms with E-state index in [1.54, 1.807) is 0 Å². The molecular weight excluding hydrogens is 513 g/mol. The number of morpholine rings is 1. The third-order valence-corrected chi connectivity index (χ3v) is 6.66. The van der Waals surface area contributed by atoms with Crippen LogP contribution in [0.25, 0.3) is 5.70 Å². The van der Waals surface area contributed by atoms with Gasteiger partial charge in [0.1, 0.15) is 6.17 Å². The summed E-state index contributed by atoms with van der Waals surface area (Å²) < 4.78 is 7.71. The van der Waals surface area contributed by atoms with E-state index in [2.05, 4.69) is 83.1 Å². The molecule has 8 heteroatoms. The van der Waals surface area contributed by atoms with E-state index in [0.717, 1.165) is 56.6 Å². The molecule has 1 unspecified atom stereocenters. The second-order valence-corrected chi connectivity index (χ2v) is 9.47. The first-order valence-electron chi connectivity index (χ1n) is 10.3. The van der Waals surface area contributed by atoms with E-state index >= 15 is 0 Å². The SMILES string of the molecule is Clc1ccc(C2=C(CN3CCOCC3)N3C=C(C4=CN(I)CNC4)C=CC3N2)cc1. The Bertz CT molecular complexity index is 920. The molecule has 1 saturated heterocycles. The van der Waals surface area contributed by atoms with E-state index in [4.69, 9.17) is 16.3 Å². The minimum absolute atomic E-state index is 0.128. The molecule has 2 N–H and O–H groups in total. The van der Waals surface area contributed by atoms with Gasteiger partial charge in [-0.15, -0.1) is 0 Å². The monoisotopic (exact) mass is 537 g/mol. The van der Waals surface area contributed by atoms with Gasteiger partial charge in [-0.05, 0) is 34.9 Å². The van der Waals surface area contributed by atoms with Gasteiger partial charge in [-0.25, -0.2) is 0 Å². The first-order chi connectivity index (χ1) is 14.7. The number of hydrogen-bond donors (Lipinski definition) is 2. The summed E-state index contributed by atoms with van der Waals surface area (Å²) in [7, 11) is 0. The number of allylic oxidation sites excluding steroid dienone is 1. The molecule has 0 spiro atoms. The predicted octanol–water partition coefficient (Wildman–Crippen LogP) is 3.12. The second-order valence-electron chi connectivity index (χ2n) is 7.80. The molecule has 1 aromatic rings. The van der Waals surface area contributed by atoms with Crippen molar-refractivity contribution in [3.63, 3.8) is 0 Å². The zero-order valence-corrected chi connectivity index (χ0v) is 19.6. The van der Waals surface area contributed by atoms with Crippen LogP contribution >= 0.6 is 34.5 Å². The highest BCUT2D eigenvalue weighted by molar-refractivity contribution is 14.1. The van der Waals surface area contributed by atoms with E-state index in [-0.39, 0.29) is 6.17 Å². The van der Waals surface area contributed by atoms with Gasteiger partial charge in [-0.3, -0.25) is 10.2 Å². The molecule has 30 heavy (non-hydrogen) atoms. The van der Waals surface area contributed by atoms with Crippen LogP contribution in [0.3, 0.4) is 0 Å². The summed E-state index contributed by atoms with van der Waals surface area (Å²) in [4.78, 5) is 4.86. The molecular formula is C22H25ClIN5O. The number of ether oxygens (including phenoxy) is 1. The fourth-order valence-corrected chi connectivity index (χ4v) is 4.91. The summed E-state index contributed by atoms with van der Waals surface area (Å²) in [5, 5.41) is 7.94. The Balaban J connectivity index is 1.50. The molecule has 1 aromatic carbocycles. The van der Waals surface area contributed by atoms with Crippen LogP contribution in [0.4, 0.5) is 0 Å². The Kier molecular flexibility index (Phi) is 6.06. The first kappa shape index (κ1) is 20.4. The molecule has 0 aliphatic carbocycles. The van der Waals surface area contributed by atoms with Gasteiger partial charge < -0.3 is 18.1 Å². The number of benzene rings is 1. The summed E-state index contributed by atoms with van der Waals surface area (Å²) >= 11 is 8.47. The summed E-state index contributed by atoms with van der Waals surface area (Å²) in [5.41, 5.74) is 6.19. The minimum atomic E-state index is 0.128. The van der Waals surface area contributed by atoms with E-state index < -0.39 is 0 Å². The number of halogens is 2. The lowest BCUT2D eigenvalue weighted by molar-refractivity contribution is 0.0401. The van der Waals surface area contributed by atoms with Gasteiger partial charge in [0, 0.05) is 43.6 Å². The van der Waals surface area contributed by atoms with Gasteiger partial charge in [0.25, 0.3) is 0 Å². The Morgan fingerprint density at radius 3 is 2.70 bits per heavy atom. The van der Waals surface area contributed by atoms with Crippen molar-refractivity contribution >= 4 is 40.2 Å². The average Bonchev–Trinajstić information content (AvgIpc) is 3.12. The van der Waals surface area contributed by atoms with Crippen molar-refractivity contribution in [2.45, 2.75) is 6.17 Å². The highest BCUT2D eigenvalue weighted by Gasteiger charge is 2.33. The number of rotatable bonds is 4. The topological polar surface area (TPSA) is 43.0 Å². The van der Waals surface area contributed by atoms with E-state index in [0.29, 0.717) is 0 Å². The zero-order chi connectivity index (χ0) is 20.5. The maximum Gasteiger partial charge on any atom is 0.123 e. The molecule has 0 aromatic heterocycles. The lowest BCUT2D eigenvalue weighted by Crippen LogP contribution is -2.41. The predicted molar refractivity (Wildman–Crippen MR) is 128 cm³/mol. The van der Waals surface area contributed by atoms with Gasteiger partial charge in [0.05, 0.1) is 54.1 Å². The molecule has 6 nitrogen and oxygen atoms in total. The van der Waals surface area contributed by atoms with Gasteiger partial charge in [-0.1, -0.05) is 29.8 Å². The van der Waals surface area contributed by atoms with Gasteiger partial charge in [0.15, 0.2) is 0 Å². The van der Waals surface area contributed by atoms with Crippen LogP contribution in [0.15, 0.2) is 65.7 Å². The lowest BCUT2D eigenvalue weighted by Gasteiger charge is -2.33. The lowest BCUT2D eigenvalue weighted by atomic mass is 10.0. The Morgan fingerprint density at radius 2 is 1.93 bits per heavy atom. The third kappa shape index (κ3) is 4.27. The highest BCUT2D eigenvalue weighted by Crippen LogP contribution is 2.34. The second kappa shape index (κ2) is 8.92. The largest absolute Gasteiger partial charge is 0.379 e. The Hall–Kier alpha value is -1.52. The number of nitrogens with one attached hydrogen (secondary N) is 2. The molecule has 4 aliphatic rings. The normalized spacial score (nSPS) is 24.5. The van der Waals surface area contributed by atoms with Crippen molar-refractivity contribution in [2.75, 3.05) is 46.1 Å². The van der Waals surface area contributed by atoms with Crippen molar-refractivity contribution in [1.29, 1.82) is 0 Å². The molecule has 1 fully saturated rings. The van der Waals surface area contributed by atoms with E-state index in [1.807, 2.05) is 12.1 Å². The fraction of sp³-hybridized carbons (Fsp3) is 0.364. The van der Waals surface area contributed by atoms with Crippen molar-refractivity contribution in [1.82, 2.24) is 23.5 Å². The van der Waals surface area contributed by atoms with Crippen LogP contribution in [0.1, 0.15) is 5.56 Å². The summed E-state index contributed by atoms with van der Waals surface area (Å²) in [6.07, 6.45) is 9.13. The van der Waals surface area contributed by atoms with Crippen LogP contribution in [0.5, 0.6) is 0 Å². The first-order valence-corrected chi connectivity index (χ1v) is 11.6. The van der Waals surface area contributed by atoms with Crippen LogP contribution in [-0.4, -0.2) is 65.1 Å². The van der Waals surface area contributed by atoms with Crippen molar-refractivity contribution in [3.8, 4) is 0 Å². The molecule has 158 valence electrons. The van der Waals surface area contributed by atoms with Crippen LogP contribution in [0.2, 0.25) is 5.02 Å². The fourth-order valence-electron chi connectivity index (χ4n) is 4.21. The van der Waals surface area contributed by atoms with Crippen LogP contribution in [-0.2, 0) is 4.74 Å². The van der Waals surface area contributed by atoms with Crippen molar-refractivity contribution in [2.24, 2.45) is 0 Å². The molecule has 0 bridgehead atoms. The smallest absolute Gasteiger partial charge is 0.123 e. The van der Waals surface area contributed by atoms with Gasteiger partial charge in [-0.2, -0.15) is 0 Å². The maximum atomic E-state index is 6.14. The minimum Gasteiger partial charge on any atom is -0.379 e. The van der Waals surface area contributed by atoms with E-state index in [1.165, 1.54) is 22.5 Å². The van der Waals surface area contributed by atoms with Gasteiger partial charge in [0.2, 0.25) is 0 Å². The number of hydrogen-bond acceptors (Lipinski definition) is 6. The van der Waals surface area contributed by atoms with Crippen molar-refractivity contribution < 1.29 is 4.74 Å². The van der Waals surface area contributed by atoms with Crippen LogP contribution < -0.4 is 10.6 Å². The number of nitrogens with zero attached hydrogens (tertiary/aromatic N) is 3. The highest BCUT2D eigenvalue weighted by atomic mass is 127. The molecule has 0 saturated carbocycles. The summed E-state index contributed by atoms with van der Waals surface area (Å²) in [6.45, 7) is 6.16. The number of fused-ring (bicyclic) bond motifs is 1. The van der Waals surface area contributed by atoms with Crippen LogP contribution in [0, 0.1) is 0 Å². The Morgan fingerprint density at radius 1 is 1.13 bits per heavy atom. The molecule has 5 rings (SSSR count). The molecule has 4 heterocycles. The van der Waals surface area contributed by atoms with E-state index in [9.17, 15) is 0 Å². The van der Waals surface area contributed by atoms with Crippen molar-refractivity contribution in [3.05, 3.63) is 76.2 Å². The molecule has 1 atom stereocenters. The quantitative estimate of drug-likeness (QED) is 0.455. The zero-order valence-electron chi connectivity index (χ0n) is 16.7. The molecule has 0 radical (unpaired) electrons. The molecule has 0 amide bonds. The Labute approximate surface area is 196 Å². The standard InChI is InChI=1S/C22H25ClIN5O/c23-19-4-1-16(2-5-19)22-20(14-27-7-9-30-10-8-27)29-13-17(3-6-21(29)26-22)18-11-25-15-28(24)12-18/h1-6,12-13,21,25-26H,7-11,14-15H2. The summed E-state index contributed by atoms with van der Waals surface area (Å²) in [5.74, 6) is 0. The third-order valence-electron chi connectivity index (χ3n) is 5.78. The summed E-state index contributed by atoms with van der Waals surface area (Å²) in [6, 6.07) is 8.11.